The van der Waals surface area contributed by atoms with E-state index in [2.05, 4.69) is 17.2 Å². The van der Waals surface area contributed by atoms with Gasteiger partial charge in [-0.15, -0.1) is 0 Å². The average Bonchev–Trinajstić information content (AvgIpc) is 2.65. The highest BCUT2D eigenvalue weighted by atomic mass is 32.2. The Balaban J connectivity index is 1.99. The van der Waals surface area contributed by atoms with Crippen LogP contribution in [0.1, 0.15) is 24.9 Å². The van der Waals surface area contributed by atoms with Crippen LogP contribution >= 0.6 is 12.2 Å². The summed E-state index contributed by atoms with van der Waals surface area (Å²) in [4.78, 5) is 0.306. The minimum absolute atomic E-state index is 0.0196. The molecule has 2 aromatic carbocycles. The Kier molecular flexibility index (Phi) is 7.38. The zero-order valence-electron chi connectivity index (χ0n) is 15.4. The van der Waals surface area contributed by atoms with Crippen molar-refractivity contribution in [2.75, 3.05) is 18.2 Å². The van der Waals surface area contributed by atoms with Crippen LogP contribution in [0.25, 0.3) is 0 Å². The van der Waals surface area contributed by atoms with E-state index in [9.17, 15) is 8.42 Å². The van der Waals surface area contributed by atoms with Gasteiger partial charge in [0.15, 0.2) is 14.9 Å². The second kappa shape index (κ2) is 9.53. The molecule has 0 fully saturated rings. The molecule has 0 bridgehead atoms. The van der Waals surface area contributed by atoms with Crippen molar-refractivity contribution in [3.63, 3.8) is 0 Å². The molecule has 0 amide bonds. The number of anilines is 1. The number of thiocarbonyl (C=S) groups is 1. The van der Waals surface area contributed by atoms with Gasteiger partial charge in [0.05, 0.1) is 10.9 Å². The molecule has 1 atom stereocenters. The first-order valence-corrected chi connectivity index (χ1v) is 10.8. The molecular weight excluding hydrogens is 380 g/mol. The summed E-state index contributed by atoms with van der Waals surface area (Å²) in [5, 5.41) is 6.90. The van der Waals surface area contributed by atoms with Crippen molar-refractivity contribution >= 4 is 32.9 Å². The molecule has 0 saturated carbocycles. The van der Waals surface area contributed by atoms with Crippen LogP contribution in [-0.4, -0.2) is 26.4 Å². The number of benzene rings is 2. The van der Waals surface area contributed by atoms with Crippen molar-refractivity contribution in [2.45, 2.75) is 24.3 Å². The molecule has 0 aromatic heterocycles. The maximum Gasteiger partial charge on any atom is 0.175 e. The Morgan fingerprint density at radius 3 is 2.33 bits per heavy atom. The van der Waals surface area contributed by atoms with Gasteiger partial charge < -0.3 is 15.4 Å². The first-order valence-electron chi connectivity index (χ1n) is 8.54. The molecule has 0 unspecified atom stereocenters. The largest absolute Gasteiger partial charge is 0.490 e. The molecule has 0 aliphatic carbocycles. The van der Waals surface area contributed by atoms with Crippen LogP contribution < -0.4 is 15.4 Å². The number of hydrogen-bond donors (Lipinski definition) is 2. The monoisotopic (exact) mass is 404 g/mol. The summed E-state index contributed by atoms with van der Waals surface area (Å²) < 4.78 is 28.6. The quantitative estimate of drug-likeness (QED) is 0.510. The molecule has 2 aromatic rings. The van der Waals surface area contributed by atoms with Crippen LogP contribution in [0.2, 0.25) is 0 Å². The molecule has 0 spiro atoms. The predicted octanol–water partition coefficient (Wildman–Crippen LogP) is 4.09. The van der Waals surface area contributed by atoms with Gasteiger partial charge in [-0.1, -0.05) is 31.7 Å². The molecular formula is C20H24N2O3S2. The predicted molar refractivity (Wildman–Crippen MR) is 114 cm³/mol. The van der Waals surface area contributed by atoms with Crippen LogP contribution in [0.15, 0.2) is 66.1 Å². The maximum atomic E-state index is 11.6. The summed E-state index contributed by atoms with van der Waals surface area (Å²) in [5.74, 6) is 0.761. The molecule has 0 aliphatic heterocycles. The minimum Gasteiger partial charge on any atom is -0.490 e. The molecule has 0 aliphatic rings. The van der Waals surface area contributed by atoms with Gasteiger partial charge in [-0.2, -0.15) is 0 Å². The van der Waals surface area contributed by atoms with Gasteiger partial charge in [-0.05, 0) is 60.6 Å². The van der Waals surface area contributed by atoms with Gasteiger partial charge in [-0.25, -0.2) is 8.42 Å². The Morgan fingerprint density at radius 1 is 1.19 bits per heavy atom. The van der Waals surface area contributed by atoms with Gasteiger partial charge in [0, 0.05) is 11.9 Å². The number of ether oxygens (including phenoxy) is 1. The summed E-state index contributed by atoms with van der Waals surface area (Å²) in [6, 6.07) is 14.3. The molecule has 27 heavy (non-hydrogen) atoms. The van der Waals surface area contributed by atoms with Crippen molar-refractivity contribution in [3.05, 3.63) is 66.7 Å². The van der Waals surface area contributed by atoms with E-state index in [1.165, 1.54) is 6.26 Å². The molecule has 2 N–H and O–H groups in total. The first-order chi connectivity index (χ1) is 12.8. The molecule has 0 saturated heterocycles. The lowest BCUT2D eigenvalue weighted by Crippen LogP contribution is -2.32. The van der Waals surface area contributed by atoms with E-state index in [1.54, 1.807) is 18.2 Å². The highest BCUT2D eigenvalue weighted by Crippen LogP contribution is 2.20. The number of hydrogen-bond acceptors (Lipinski definition) is 4. The molecule has 7 heteroatoms. The van der Waals surface area contributed by atoms with E-state index in [4.69, 9.17) is 17.0 Å². The summed E-state index contributed by atoms with van der Waals surface area (Å²) in [5.41, 5.74) is 1.82. The maximum absolute atomic E-state index is 11.6. The number of sulfone groups is 1. The Bertz CT molecular complexity index is 876. The lowest BCUT2D eigenvalue weighted by atomic mass is 10.1. The second-order valence-electron chi connectivity index (χ2n) is 6.02. The summed E-state index contributed by atoms with van der Waals surface area (Å²) >= 11 is 5.40. The molecule has 144 valence electrons. The SMILES string of the molecule is C=CCOc1ccc(NC(=S)N[C@H](CC)c2ccc(S(C)(=O)=O)cc2)cc1. The minimum atomic E-state index is -3.20. The van der Waals surface area contributed by atoms with E-state index >= 15 is 0 Å². The van der Waals surface area contributed by atoms with Crippen LogP contribution in [0.5, 0.6) is 5.75 Å². The molecule has 5 nitrogen and oxygen atoms in total. The van der Waals surface area contributed by atoms with Crippen molar-refractivity contribution in [1.82, 2.24) is 5.32 Å². The van der Waals surface area contributed by atoms with Crippen LogP contribution in [0.3, 0.4) is 0 Å². The highest BCUT2D eigenvalue weighted by Gasteiger charge is 2.13. The van der Waals surface area contributed by atoms with E-state index in [-0.39, 0.29) is 6.04 Å². The fourth-order valence-corrected chi connectivity index (χ4v) is 3.37. The lowest BCUT2D eigenvalue weighted by molar-refractivity contribution is 0.363. The third-order valence-electron chi connectivity index (χ3n) is 3.90. The standard InChI is InChI=1S/C20H24N2O3S2/c1-4-14-25-17-10-8-16(9-11-17)21-20(26)22-19(5-2)15-6-12-18(13-7-15)27(3,23)24/h4,6-13,19H,1,5,14H2,2-3H3,(H2,21,22,26)/t19-/m1/s1. The third-order valence-corrected chi connectivity index (χ3v) is 5.25. The first kappa shape index (κ1) is 20.9. The Labute approximate surface area is 166 Å². The van der Waals surface area contributed by atoms with Gasteiger partial charge in [-0.3, -0.25) is 0 Å². The fourth-order valence-electron chi connectivity index (χ4n) is 2.48. The smallest absolute Gasteiger partial charge is 0.175 e. The summed E-state index contributed by atoms with van der Waals surface area (Å²) in [6.07, 6.45) is 3.69. The molecule has 0 heterocycles. The van der Waals surface area contributed by atoms with Crippen molar-refractivity contribution < 1.29 is 13.2 Å². The normalized spacial score (nSPS) is 12.1. The average molecular weight is 405 g/mol. The zero-order chi connectivity index (χ0) is 19.9. The van der Waals surface area contributed by atoms with E-state index < -0.39 is 9.84 Å². The van der Waals surface area contributed by atoms with E-state index in [0.717, 1.165) is 23.4 Å². The summed E-state index contributed by atoms with van der Waals surface area (Å²) in [7, 11) is -3.20. The molecule has 0 radical (unpaired) electrons. The van der Waals surface area contributed by atoms with Crippen molar-refractivity contribution in [3.8, 4) is 5.75 Å². The fraction of sp³-hybridized carbons (Fsp3) is 0.250. The van der Waals surface area contributed by atoms with Gasteiger partial charge in [0.1, 0.15) is 12.4 Å². The van der Waals surface area contributed by atoms with Crippen LogP contribution in [0.4, 0.5) is 5.69 Å². The van der Waals surface area contributed by atoms with Crippen LogP contribution in [0, 0.1) is 0 Å². The van der Waals surface area contributed by atoms with E-state index in [0.29, 0.717) is 16.6 Å². The summed E-state index contributed by atoms with van der Waals surface area (Å²) in [6.45, 7) is 6.12. The highest BCUT2D eigenvalue weighted by molar-refractivity contribution is 7.90. The van der Waals surface area contributed by atoms with Gasteiger partial charge in [0.2, 0.25) is 0 Å². The third kappa shape index (κ3) is 6.37. The Hall–Kier alpha value is -2.38. The van der Waals surface area contributed by atoms with Crippen molar-refractivity contribution in [2.24, 2.45) is 0 Å². The Morgan fingerprint density at radius 2 is 1.81 bits per heavy atom. The van der Waals surface area contributed by atoms with Crippen LogP contribution in [-0.2, 0) is 9.84 Å². The second-order valence-corrected chi connectivity index (χ2v) is 8.45. The van der Waals surface area contributed by atoms with Gasteiger partial charge in [0.25, 0.3) is 0 Å². The van der Waals surface area contributed by atoms with Crippen molar-refractivity contribution in [1.29, 1.82) is 0 Å². The zero-order valence-corrected chi connectivity index (χ0v) is 17.1. The number of nitrogens with one attached hydrogen (secondary N) is 2. The lowest BCUT2D eigenvalue weighted by Gasteiger charge is -2.20. The van der Waals surface area contributed by atoms with Gasteiger partial charge >= 0.3 is 0 Å². The van der Waals surface area contributed by atoms with E-state index in [1.807, 2.05) is 43.3 Å². The number of rotatable bonds is 8. The topological polar surface area (TPSA) is 67.4 Å². The molecule has 2 rings (SSSR count).